The van der Waals surface area contributed by atoms with Gasteiger partial charge in [-0.25, -0.2) is 0 Å². The minimum Gasteiger partial charge on any atom is -0.466 e. The molecule has 0 aliphatic rings. The van der Waals surface area contributed by atoms with Crippen molar-refractivity contribution < 1.29 is 24.5 Å². The van der Waals surface area contributed by atoms with Crippen LogP contribution in [0.3, 0.4) is 0 Å². The molecule has 0 saturated heterocycles. The minimum absolute atomic E-state index is 0.0459. The van der Waals surface area contributed by atoms with Crippen molar-refractivity contribution in [1.82, 2.24) is 5.32 Å². The summed E-state index contributed by atoms with van der Waals surface area (Å²) >= 11 is 0. The zero-order valence-corrected chi connectivity index (χ0v) is 40.4. The van der Waals surface area contributed by atoms with Crippen molar-refractivity contribution in [2.24, 2.45) is 0 Å². The number of amides is 1. The Balaban J connectivity index is 3.58. The Bertz CT molecular complexity index is 1040. The predicted octanol–water partition coefficient (Wildman–Crippen LogP) is 15.8. The molecular weight excluding hydrogens is 755 g/mol. The van der Waals surface area contributed by atoms with E-state index in [2.05, 4.69) is 55.6 Å². The fourth-order valence-corrected chi connectivity index (χ4v) is 7.72. The van der Waals surface area contributed by atoms with Crippen molar-refractivity contribution in [3.05, 3.63) is 48.6 Å². The molecule has 0 aromatic heterocycles. The van der Waals surface area contributed by atoms with Crippen molar-refractivity contribution in [3.63, 3.8) is 0 Å². The van der Waals surface area contributed by atoms with Gasteiger partial charge in [0, 0.05) is 12.8 Å². The molecule has 2 atom stereocenters. The third-order valence-electron chi connectivity index (χ3n) is 11.8. The van der Waals surface area contributed by atoms with Gasteiger partial charge in [-0.1, -0.05) is 217 Å². The van der Waals surface area contributed by atoms with Crippen LogP contribution in [0.1, 0.15) is 264 Å². The number of rotatable bonds is 48. The Morgan fingerprint density at radius 2 is 0.836 bits per heavy atom. The van der Waals surface area contributed by atoms with Crippen molar-refractivity contribution in [2.45, 2.75) is 276 Å². The predicted molar refractivity (Wildman–Crippen MR) is 264 cm³/mol. The molecule has 6 nitrogen and oxygen atoms in total. The molecule has 0 rings (SSSR count). The molecule has 61 heavy (non-hydrogen) atoms. The lowest BCUT2D eigenvalue weighted by molar-refractivity contribution is -0.143. The van der Waals surface area contributed by atoms with Gasteiger partial charge in [-0.05, 0) is 83.5 Å². The molecule has 0 saturated carbocycles. The van der Waals surface area contributed by atoms with E-state index in [0.717, 1.165) is 77.0 Å². The summed E-state index contributed by atoms with van der Waals surface area (Å²) in [7, 11) is 0. The number of nitrogens with one attached hydrogen (secondary N) is 1. The second-order valence-electron chi connectivity index (χ2n) is 17.8. The van der Waals surface area contributed by atoms with E-state index in [0.29, 0.717) is 19.4 Å². The van der Waals surface area contributed by atoms with Crippen molar-refractivity contribution >= 4 is 11.9 Å². The van der Waals surface area contributed by atoms with Gasteiger partial charge < -0.3 is 20.3 Å². The number of aliphatic hydroxyl groups is 2. The van der Waals surface area contributed by atoms with E-state index in [4.69, 9.17) is 4.74 Å². The van der Waals surface area contributed by atoms with E-state index in [9.17, 15) is 19.8 Å². The maximum Gasteiger partial charge on any atom is 0.305 e. The molecule has 6 heteroatoms. The highest BCUT2D eigenvalue weighted by molar-refractivity contribution is 5.76. The third kappa shape index (κ3) is 47.1. The molecule has 2 unspecified atom stereocenters. The highest BCUT2D eigenvalue weighted by atomic mass is 16.5. The summed E-state index contributed by atoms with van der Waals surface area (Å²) in [4.78, 5) is 24.5. The van der Waals surface area contributed by atoms with Gasteiger partial charge in [0.2, 0.25) is 5.91 Å². The van der Waals surface area contributed by atoms with Crippen LogP contribution in [0.15, 0.2) is 48.6 Å². The molecule has 356 valence electrons. The molecule has 0 radical (unpaired) electrons. The van der Waals surface area contributed by atoms with Crippen molar-refractivity contribution in [1.29, 1.82) is 0 Å². The van der Waals surface area contributed by atoms with Gasteiger partial charge in [0.15, 0.2) is 0 Å². The van der Waals surface area contributed by atoms with E-state index >= 15 is 0 Å². The van der Waals surface area contributed by atoms with Gasteiger partial charge in [-0.2, -0.15) is 0 Å². The van der Waals surface area contributed by atoms with E-state index in [1.54, 1.807) is 6.08 Å². The quantitative estimate of drug-likeness (QED) is 0.0322. The molecule has 3 N–H and O–H groups in total. The largest absolute Gasteiger partial charge is 0.466 e. The molecule has 0 aliphatic carbocycles. The summed E-state index contributed by atoms with van der Waals surface area (Å²) in [6.07, 6.45) is 62.6. The topological polar surface area (TPSA) is 95.9 Å². The Morgan fingerprint density at radius 1 is 0.459 bits per heavy atom. The van der Waals surface area contributed by atoms with E-state index in [-0.39, 0.29) is 18.5 Å². The Labute approximate surface area is 378 Å². The lowest BCUT2D eigenvalue weighted by atomic mass is 10.0. The van der Waals surface area contributed by atoms with Crippen LogP contribution in [-0.2, 0) is 14.3 Å². The maximum absolute atomic E-state index is 12.4. The third-order valence-corrected chi connectivity index (χ3v) is 11.8. The number of aliphatic hydroxyl groups excluding tert-OH is 2. The molecule has 0 aliphatic heterocycles. The summed E-state index contributed by atoms with van der Waals surface area (Å²) in [6.45, 7) is 4.79. The van der Waals surface area contributed by atoms with Crippen LogP contribution < -0.4 is 5.32 Å². The summed E-state index contributed by atoms with van der Waals surface area (Å²) in [6, 6.07) is -0.667. The first-order valence-corrected chi connectivity index (χ1v) is 26.4. The van der Waals surface area contributed by atoms with Gasteiger partial charge in [0.1, 0.15) is 0 Å². The Hall–Kier alpha value is -2.18. The highest BCUT2D eigenvalue weighted by Crippen LogP contribution is 2.15. The van der Waals surface area contributed by atoms with Crippen LogP contribution in [0.25, 0.3) is 0 Å². The number of esters is 1. The second kappa shape index (κ2) is 50.5. The summed E-state index contributed by atoms with van der Waals surface area (Å²) < 4.78 is 5.44. The van der Waals surface area contributed by atoms with Gasteiger partial charge in [0.05, 0.1) is 25.4 Å². The van der Waals surface area contributed by atoms with Gasteiger partial charge in [-0.3, -0.25) is 9.59 Å². The molecule has 0 aromatic carbocycles. The van der Waals surface area contributed by atoms with Crippen LogP contribution in [-0.4, -0.2) is 47.4 Å². The van der Waals surface area contributed by atoms with Crippen LogP contribution in [0.5, 0.6) is 0 Å². The van der Waals surface area contributed by atoms with Gasteiger partial charge in [0.25, 0.3) is 0 Å². The van der Waals surface area contributed by atoms with Crippen LogP contribution in [0, 0.1) is 0 Å². The fraction of sp³-hybridized carbons (Fsp3) is 0.818. The van der Waals surface area contributed by atoms with Gasteiger partial charge >= 0.3 is 5.97 Å². The smallest absolute Gasteiger partial charge is 0.305 e. The molecule has 0 spiro atoms. The summed E-state index contributed by atoms with van der Waals surface area (Å²) in [5.41, 5.74) is 0. The number of unbranched alkanes of at least 4 members (excludes halogenated alkanes) is 31. The molecule has 1 amide bonds. The van der Waals surface area contributed by atoms with E-state index < -0.39 is 12.1 Å². The molecular formula is C55H101NO5. The first-order valence-electron chi connectivity index (χ1n) is 26.4. The lowest BCUT2D eigenvalue weighted by Gasteiger charge is -2.19. The number of ether oxygens (including phenoxy) is 1. The second-order valence-corrected chi connectivity index (χ2v) is 17.8. The number of carbonyl (C=O) groups is 2. The van der Waals surface area contributed by atoms with Gasteiger partial charge in [-0.15, -0.1) is 0 Å². The van der Waals surface area contributed by atoms with Crippen LogP contribution >= 0.6 is 0 Å². The average Bonchev–Trinajstić information content (AvgIpc) is 3.26. The maximum atomic E-state index is 12.4. The summed E-state index contributed by atoms with van der Waals surface area (Å²) in [5.74, 6) is -0.175. The SMILES string of the molecule is CCCCCC/C=C\C/C=C\CCCCCCCCCC(=O)OCCCCCC/C=C\CCCC(=O)NC(CO)C(O)/C=C/CCCCCCCCCCCCCCCCC. The standard InChI is InChI=1S/C55H101NO5/c1-3-5-7-9-11-13-15-17-19-21-23-25-27-29-33-37-41-45-49-55(60)61-50-46-42-38-34-30-32-36-40-44-48-54(59)56-52(51-57)53(58)47-43-39-35-31-28-26-24-22-20-18-16-14-12-10-8-6-4-2/h13,15,19,21,32,36,43,47,52-53,57-58H,3-12,14,16-18,20,22-31,33-35,37-42,44-46,48-51H2,1-2H3,(H,56,59)/b15-13-,21-19-,36-32-,47-43+. The lowest BCUT2D eigenvalue weighted by Crippen LogP contribution is -2.45. The first-order chi connectivity index (χ1) is 30.0. The van der Waals surface area contributed by atoms with Crippen LogP contribution in [0.4, 0.5) is 0 Å². The highest BCUT2D eigenvalue weighted by Gasteiger charge is 2.17. The number of allylic oxidation sites excluding steroid dienone is 7. The Morgan fingerprint density at radius 3 is 1.31 bits per heavy atom. The normalized spacial score (nSPS) is 13.0. The molecule has 0 bridgehead atoms. The van der Waals surface area contributed by atoms with E-state index in [1.807, 2.05) is 6.08 Å². The zero-order valence-electron chi connectivity index (χ0n) is 40.4. The first kappa shape index (κ1) is 58.8. The fourth-order valence-electron chi connectivity index (χ4n) is 7.72. The summed E-state index contributed by atoms with van der Waals surface area (Å²) in [5, 5.41) is 23.0. The average molecular weight is 856 g/mol. The number of carbonyl (C=O) groups excluding carboxylic acids is 2. The molecule has 0 aromatic rings. The van der Waals surface area contributed by atoms with Crippen molar-refractivity contribution in [2.75, 3.05) is 13.2 Å². The zero-order chi connectivity index (χ0) is 44.4. The molecule has 0 fully saturated rings. The Kier molecular flexibility index (Phi) is 48.7. The minimum atomic E-state index is -0.877. The van der Waals surface area contributed by atoms with E-state index in [1.165, 1.54) is 161 Å². The van der Waals surface area contributed by atoms with Crippen molar-refractivity contribution in [3.8, 4) is 0 Å². The van der Waals surface area contributed by atoms with Crippen LogP contribution in [0.2, 0.25) is 0 Å². The number of hydrogen-bond donors (Lipinski definition) is 3. The number of hydrogen-bond acceptors (Lipinski definition) is 5. The monoisotopic (exact) mass is 856 g/mol. The molecule has 0 heterocycles.